The van der Waals surface area contributed by atoms with Gasteiger partial charge in [-0.1, -0.05) is 54.9 Å². The van der Waals surface area contributed by atoms with E-state index in [4.69, 9.17) is 4.98 Å². The molecular weight excluding hydrogens is 294 g/mol. The van der Waals surface area contributed by atoms with Gasteiger partial charge in [-0.25, -0.2) is 4.98 Å². The summed E-state index contributed by atoms with van der Waals surface area (Å²) < 4.78 is 1.16. The van der Waals surface area contributed by atoms with E-state index in [9.17, 15) is 0 Å². The van der Waals surface area contributed by atoms with Gasteiger partial charge >= 0.3 is 0 Å². The van der Waals surface area contributed by atoms with Crippen molar-refractivity contribution in [1.29, 1.82) is 0 Å². The SMILES string of the molecule is CC(C)(C)c1csc(Cc2ccccc2Br)n1. The summed E-state index contributed by atoms with van der Waals surface area (Å²) >= 11 is 5.32. The van der Waals surface area contributed by atoms with Gasteiger partial charge in [0.2, 0.25) is 0 Å². The Morgan fingerprint density at radius 2 is 1.94 bits per heavy atom. The second kappa shape index (κ2) is 4.91. The Hall–Kier alpha value is -0.670. The molecule has 0 aliphatic heterocycles. The first kappa shape index (κ1) is 12.8. The number of rotatable bonds is 2. The van der Waals surface area contributed by atoms with E-state index in [1.807, 2.05) is 6.07 Å². The van der Waals surface area contributed by atoms with E-state index in [2.05, 4.69) is 60.3 Å². The molecule has 0 spiro atoms. The van der Waals surface area contributed by atoms with E-state index in [1.54, 1.807) is 11.3 Å². The Morgan fingerprint density at radius 3 is 2.53 bits per heavy atom. The predicted molar refractivity (Wildman–Crippen MR) is 77.8 cm³/mol. The standard InChI is InChI=1S/C14H16BrNS/c1-14(2,3)12-9-17-13(16-12)8-10-6-4-5-7-11(10)15/h4-7,9H,8H2,1-3H3. The first-order valence-corrected chi connectivity index (χ1v) is 7.32. The molecule has 1 aromatic heterocycles. The fraction of sp³-hybridized carbons (Fsp3) is 0.357. The third kappa shape index (κ3) is 3.17. The van der Waals surface area contributed by atoms with E-state index in [-0.39, 0.29) is 5.41 Å². The minimum Gasteiger partial charge on any atom is -0.245 e. The van der Waals surface area contributed by atoms with Gasteiger partial charge in [-0.05, 0) is 11.6 Å². The van der Waals surface area contributed by atoms with Crippen molar-refractivity contribution >= 4 is 27.3 Å². The van der Waals surface area contributed by atoms with E-state index < -0.39 is 0 Å². The van der Waals surface area contributed by atoms with Gasteiger partial charge in [-0.2, -0.15) is 0 Å². The van der Waals surface area contributed by atoms with Crippen LogP contribution in [-0.2, 0) is 11.8 Å². The van der Waals surface area contributed by atoms with Crippen LogP contribution in [-0.4, -0.2) is 4.98 Å². The van der Waals surface area contributed by atoms with Gasteiger partial charge in [0, 0.05) is 21.7 Å². The number of halogens is 1. The highest BCUT2D eigenvalue weighted by Crippen LogP contribution is 2.26. The number of hydrogen-bond donors (Lipinski definition) is 0. The summed E-state index contributed by atoms with van der Waals surface area (Å²) in [5.41, 5.74) is 2.62. The minimum atomic E-state index is 0.142. The van der Waals surface area contributed by atoms with Crippen LogP contribution in [0.2, 0.25) is 0 Å². The van der Waals surface area contributed by atoms with Gasteiger partial charge in [0.1, 0.15) is 0 Å². The third-order valence-electron chi connectivity index (χ3n) is 2.62. The molecule has 1 heterocycles. The Kier molecular flexibility index (Phi) is 3.69. The van der Waals surface area contributed by atoms with Crippen LogP contribution < -0.4 is 0 Å². The van der Waals surface area contributed by atoms with Gasteiger partial charge in [0.05, 0.1) is 10.7 Å². The van der Waals surface area contributed by atoms with Crippen molar-refractivity contribution in [2.24, 2.45) is 0 Å². The molecule has 0 bridgehead atoms. The zero-order valence-corrected chi connectivity index (χ0v) is 12.7. The highest BCUT2D eigenvalue weighted by atomic mass is 79.9. The lowest BCUT2D eigenvalue weighted by molar-refractivity contribution is 0.571. The third-order valence-corrected chi connectivity index (χ3v) is 4.24. The highest BCUT2D eigenvalue weighted by molar-refractivity contribution is 9.10. The Labute approximate surface area is 115 Å². The summed E-state index contributed by atoms with van der Waals surface area (Å²) in [5.74, 6) is 0. The average Bonchev–Trinajstić information content (AvgIpc) is 2.69. The molecule has 0 atom stereocenters. The molecule has 2 aromatic rings. The molecule has 0 fully saturated rings. The Morgan fingerprint density at radius 1 is 1.24 bits per heavy atom. The number of benzene rings is 1. The zero-order valence-electron chi connectivity index (χ0n) is 10.3. The van der Waals surface area contributed by atoms with Crippen LogP contribution in [0.5, 0.6) is 0 Å². The lowest BCUT2D eigenvalue weighted by Crippen LogP contribution is -2.11. The van der Waals surface area contributed by atoms with Crippen molar-refractivity contribution in [3.63, 3.8) is 0 Å². The first-order valence-electron chi connectivity index (χ1n) is 5.65. The topological polar surface area (TPSA) is 12.9 Å². The van der Waals surface area contributed by atoms with Crippen LogP contribution in [0.4, 0.5) is 0 Å². The molecule has 90 valence electrons. The number of hydrogen-bond acceptors (Lipinski definition) is 2. The fourth-order valence-corrected chi connectivity index (χ4v) is 3.01. The summed E-state index contributed by atoms with van der Waals surface area (Å²) in [6.45, 7) is 6.60. The molecule has 3 heteroatoms. The smallest absolute Gasteiger partial charge is 0.0972 e. The molecule has 1 nitrogen and oxygen atoms in total. The lowest BCUT2D eigenvalue weighted by atomic mass is 9.93. The molecule has 0 amide bonds. The molecular formula is C14H16BrNS. The zero-order chi connectivity index (χ0) is 12.5. The maximum Gasteiger partial charge on any atom is 0.0972 e. The van der Waals surface area contributed by atoms with Crippen LogP contribution >= 0.6 is 27.3 Å². The van der Waals surface area contributed by atoms with Crippen LogP contribution in [0.3, 0.4) is 0 Å². The molecule has 17 heavy (non-hydrogen) atoms. The van der Waals surface area contributed by atoms with Gasteiger partial charge in [0.15, 0.2) is 0 Å². The van der Waals surface area contributed by atoms with Gasteiger partial charge in [-0.3, -0.25) is 0 Å². The summed E-state index contributed by atoms with van der Waals surface area (Å²) in [7, 11) is 0. The number of aromatic nitrogens is 1. The summed E-state index contributed by atoms with van der Waals surface area (Å²) in [5, 5.41) is 3.36. The monoisotopic (exact) mass is 309 g/mol. The molecule has 0 saturated carbocycles. The molecule has 0 aliphatic rings. The number of nitrogens with zero attached hydrogens (tertiary/aromatic N) is 1. The fourth-order valence-electron chi connectivity index (χ4n) is 1.54. The van der Waals surface area contributed by atoms with Crippen molar-refractivity contribution in [2.45, 2.75) is 32.6 Å². The van der Waals surface area contributed by atoms with Crippen molar-refractivity contribution in [3.05, 3.63) is 50.4 Å². The quantitative estimate of drug-likeness (QED) is 0.777. The molecule has 1 aromatic carbocycles. The number of thiazole rings is 1. The van der Waals surface area contributed by atoms with Gasteiger partial charge < -0.3 is 0 Å². The molecule has 0 radical (unpaired) electrons. The molecule has 2 rings (SSSR count). The second-order valence-electron chi connectivity index (χ2n) is 5.14. The van der Waals surface area contributed by atoms with Crippen molar-refractivity contribution in [1.82, 2.24) is 4.98 Å². The van der Waals surface area contributed by atoms with Crippen LogP contribution in [0.1, 0.15) is 37.0 Å². The van der Waals surface area contributed by atoms with Gasteiger partial charge in [0.25, 0.3) is 0 Å². The normalized spacial score (nSPS) is 11.8. The summed E-state index contributed by atoms with van der Waals surface area (Å²) in [6.07, 6.45) is 0.905. The van der Waals surface area contributed by atoms with Crippen LogP contribution in [0.15, 0.2) is 34.1 Å². The van der Waals surface area contributed by atoms with E-state index in [0.29, 0.717) is 0 Å². The van der Waals surface area contributed by atoms with Crippen molar-refractivity contribution in [2.75, 3.05) is 0 Å². The van der Waals surface area contributed by atoms with Gasteiger partial charge in [-0.15, -0.1) is 11.3 Å². The molecule has 0 aliphatic carbocycles. The molecule has 0 saturated heterocycles. The minimum absolute atomic E-state index is 0.142. The first-order chi connectivity index (χ1) is 7.97. The molecule has 0 N–H and O–H groups in total. The summed E-state index contributed by atoms with van der Waals surface area (Å²) in [4.78, 5) is 4.72. The second-order valence-corrected chi connectivity index (χ2v) is 6.94. The Balaban J connectivity index is 2.21. The maximum absolute atomic E-state index is 4.72. The maximum atomic E-state index is 4.72. The van der Waals surface area contributed by atoms with Crippen molar-refractivity contribution < 1.29 is 0 Å². The lowest BCUT2D eigenvalue weighted by Gasteiger charge is -2.14. The average molecular weight is 310 g/mol. The highest BCUT2D eigenvalue weighted by Gasteiger charge is 2.17. The van der Waals surface area contributed by atoms with E-state index in [1.165, 1.54) is 16.3 Å². The Bertz CT molecular complexity index is 511. The van der Waals surface area contributed by atoms with Crippen LogP contribution in [0.25, 0.3) is 0 Å². The largest absolute Gasteiger partial charge is 0.245 e. The summed E-state index contributed by atoms with van der Waals surface area (Å²) in [6, 6.07) is 8.32. The van der Waals surface area contributed by atoms with E-state index >= 15 is 0 Å². The van der Waals surface area contributed by atoms with E-state index in [0.717, 1.165) is 10.9 Å². The van der Waals surface area contributed by atoms with Crippen LogP contribution in [0, 0.1) is 0 Å². The molecule has 0 unspecified atom stereocenters. The predicted octanol–water partition coefficient (Wildman–Crippen LogP) is 4.79. The van der Waals surface area contributed by atoms with Crippen molar-refractivity contribution in [3.8, 4) is 0 Å².